The molecule has 0 bridgehead atoms. The molecule has 0 aromatic heterocycles. The zero-order chi connectivity index (χ0) is 14.5. The van der Waals surface area contributed by atoms with Crippen LogP contribution < -0.4 is 0 Å². The van der Waals surface area contributed by atoms with Gasteiger partial charge in [0.15, 0.2) is 0 Å². The molecular weight excluding hydrogens is 254 g/mol. The molecule has 1 aliphatic heterocycles. The standard InChI is InChI=1S/C16H23NO3/c1-2-14(13-5-3-4-6-15(13)18)17-9-7-12(8-10-17)11-16(19)20/h3-6,12,14,18H,2,7-11H2,1H3,(H,19,20). The number of carboxylic acids is 1. The minimum atomic E-state index is -0.698. The molecule has 0 amide bonds. The molecule has 4 heteroatoms. The van der Waals surface area contributed by atoms with Crippen LogP contribution in [-0.2, 0) is 4.79 Å². The number of aliphatic carboxylic acids is 1. The number of benzene rings is 1. The van der Waals surface area contributed by atoms with Crippen LogP contribution in [0.4, 0.5) is 0 Å². The Morgan fingerprint density at radius 3 is 2.55 bits per heavy atom. The number of phenolic OH excluding ortho intramolecular Hbond substituents is 1. The molecule has 1 atom stereocenters. The molecule has 1 aliphatic rings. The normalized spacial score (nSPS) is 18.9. The molecule has 2 rings (SSSR count). The van der Waals surface area contributed by atoms with Crippen LogP contribution in [0, 0.1) is 5.92 Å². The van der Waals surface area contributed by atoms with Gasteiger partial charge in [0, 0.05) is 18.0 Å². The summed E-state index contributed by atoms with van der Waals surface area (Å²) in [6.45, 7) is 3.94. The second-order valence-electron chi connectivity index (χ2n) is 5.56. The van der Waals surface area contributed by atoms with Crippen LogP contribution in [0.3, 0.4) is 0 Å². The number of rotatable bonds is 5. The van der Waals surface area contributed by atoms with Gasteiger partial charge in [-0.25, -0.2) is 0 Å². The fraction of sp³-hybridized carbons (Fsp3) is 0.562. The minimum absolute atomic E-state index is 0.224. The average molecular weight is 277 g/mol. The van der Waals surface area contributed by atoms with Crippen molar-refractivity contribution in [2.45, 2.75) is 38.6 Å². The third-order valence-electron chi connectivity index (χ3n) is 4.24. The second-order valence-corrected chi connectivity index (χ2v) is 5.56. The lowest BCUT2D eigenvalue weighted by atomic mass is 9.91. The number of piperidine rings is 1. The lowest BCUT2D eigenvalue weighted by Gasteiger charge is -2.37. The van der Waals surface area contributed by atoms with E-state index in [9.17, 15) is 9.90 Å². The maximum atomic E-state index is 10.8. The molecule has 20 heavy (non-hydrogen) atoms. The third kappa shape index (κ3) is 3.51. The van der Waals surface area contributed by atoms with E-state index in [1.54, 1.807) is 6.07 Å². The van der Waals surface area contributed by atoms with E-state index in [2.05, 4.69) is 11.8 Å². The highest BCUT2D eigenvalue weighted by atomic mass is 16.4. The van der Waals surface area contributed by atoms with Crippen molar-refractivity contribution < 1.29 is 15.0 Å². The average Bonchev–Trinajstić information content (AvgIpc) is 2.43. The molecule has 0 radical (unpaired) electrons. The van der Waals surface area contributed by atoms with Gasteiger partial charge >= 0.3 is 5.97 Å². The number of aromatic hydroxyl groups is 1. The van der Waals surface area contributed by atoms with Crippen LogP contribution in [0.2, 0.25) is 0 Å². The van der Waals surface area contributed by atoms with E-state index in [0.29, 0.717) is 11.7 Å². The van der Waals surface area contributed by atoms with Gasteiger partial charge in [-0.15, -0.1) is 0 Å². The topological polar surface area (TPSA) is 60.8 Å². The Balaban J connectivity index is 2.01. The summed E-state index contributed by atoms with van der Waals surface area (Å²) >= 11 is 0. The first-order chi connectivity index (χ1) is 9.61. The van der Waals surface area contributed by atoms with E-state index in [0.717, 1.165) is 37.9 Å². The van der Waals surface area contributed by atoms with Gasteiger partial charge in [0.2, 0.25) is 0 Å². The van der Waals surface area contributed by atoms with E-state index in [-0.39, 0.29) is 12.5 Å². The van der Waals surface area contributed by atoms with Crippen molar-refractivity contribution in [2.75, 3.05) is 13.1 Å². The Morgan fingerprint density at radius 1 is 1.35 bits per heavy atom. The molecule has 0 saturated carbocycles. The fourth-order valence-corrected chi connectivity index (χ4v) is 3.16. The Bertz CT molecular complexity index is 453. The second kappa shape index (κ2) is 6.75. The lowest BCUT2D eigenvalue weighted by molar-refractivity contribution is -0.138. The monoisotopic (exact) mass is 277 g/mol. The quantitative estimate of drug-likeness (QED) is 0.868. The van der Waals surface area contributed by atoms with Crippen molar-refractivity contribution >= 4 is 5.97 Å². The predicted molar refractivity (Wildman–Crippen MR) is 77.7 cm³/mol. The molecular formula is C16H23NO3. The summed E-state index contributed by atoms with van der Waals surface area (Å²) in [4.78, 5) is 13.1. The van der Waals surface area contributed by atoms with Gasteiger partial charge in [-0.2, -0.15) is 0 Å². The van der Waals surface area contributed by atoms with Gasteiger partial charge in [0.1, 0.15) is 5.75 Å². The molecule has 1 unspecified atom stereocenters. The van der Waals surface area contributed by atoms with Crippen molar-refractivity contribution in [3.8, 4) is 5.75 Å². The maximum absolute atomic E-state index is 10.8. The van der Waals surface area contributed by atoms with E-state index in [1.807, 2.05) is 18.2 Å². The van der Waals surface area contributed by atoms with Crippen LogP contribution in [0.1, 0.15) is 44.2 Å². The first kappa shape index (κ1) is 14.9. The van der Waals surface area contributed by atoms with Gasteiger partial charge in [-0.3, -0.25) is 9.69 Å². The highest BCUT2D eigenvalue weighted by molar-refractivity contribution is 5.67. The molecule has 2 N–H and O–H groups in total. The van der Waals surface area contributed by atoms with Gasteiger partial charge in [0.05, 0.1) is 0 Å². The first-order valence-corrected chi connectivity index (χ1v) is 7.35. The molecule has 1 heterocycles. The Kier molecular flexibility index (Phi) is 5.01. The molecule has 1 fully saturated rings. The zero-order valence-electron chi connectivity index (χ0n) is 12.0. The predicted octanol–water partition coefficient (Wildman–Crippen LogP) is 3.03. The van der Waals surface area contributed by atoms with E-state index in [4.69, 9.17) is 5.11 Å². The zero-order valence-corrected chi connectivity index (χ0v) is 12.0. The number of para-hydroxylation sites is 1. The van der Waals surface area contributed by atoms with Crippen LogP contribution in [0.5, 0.6) is 5.75 Å². The molecule has 0 aliphatic carbocycles. The van der Waals surface area contributed by atoms with Crippen LogP contribution in [0.15, 0.2) is 24.3 Å². The maximum Gasteiger partial charge on any atom is 0.303 e. The summed E-state index contributed by atoms with van der Waals surface area (Å²) in [7, 11) is 0. The molecule has 1 aromatic carbocycles. The van der Waals surface area contributed by atoms with Crippen molar-refractivity contribution in [1.29, 1.82) is 0 Å². The van der Waals surface area contributed by atoms with Crippen LogP contribution in [-0.4, -0.2) is 34.2 Å². The number of carbonyl (C=O) groups is 1. The number of nitrogens with zero attached hydrogens (tertiary/aromatic N) is 1. The molecule has 1 aromatic rings. The number of carboxylic acid groups (broad SMARTS) is 1. The van der Waals surface area contributed by atoms with Gasteiger partial charge in [-0.05, 0) is 44.3 Å². The Labute approximate surface area is 120 Å². The summed E-state index contributed by atoms with van der Waals surface area (Å²) < 4.78 is 0. The largest absolute Gasteiger partial charge is 0.508 e. The smallest absolute Gasteiger partial charge is 0.303 e. The van der Waals surface area contributed by atoms with E-state index in [1.165, 1.54) is 0 Å². The summed E-state index contributed by atoms with van der Waals surface area (Å²) in [5.74, 6) is -0.0474. The summed E-state index contributed by atoms with van der Waals surface area (Å²) in [5, 5.41) is 18.9. The van der Waals surface area contributed by atoms with E-state index >= 15 is 0 Å². The highest BCUT2D eigenvalue weighted by Gasteiger charge is 2.27. The molecule has 0 spiro atoms. The van der Waals surface area contributed by atoms with E-state index < -0.39 is 5.97 Å². The molecule has 4 nitrogen and oxygen atoms in total. The van der Waals surface area contributed by atoms with Crippen LogP contribution in [0.25, 0.3) is 0 Å². The number of phenols is 1. The first-order valence-electron chi connectivity index (χ1n) is 7.35. The minimum Gasteiger partial charge on any atom is -0.508 e. The number of hydrogen-bond donors (Lipinski definition) is 2. The van der Waals surface area contributed by atoms with Crippen molar-refractivity contribution in [3.05, 3.63) is 29.8 Å². The molecule has 1 saturated heterocycles. The summed E-state index contributed by atoms with van der Waals surface area (Å²) in [6.07, 6.45) is 3.08. The lowest BCUT2D eigenvalue weighted by Crippen LogP contribution is -2.37. The van der Waals surface area contributed by atoms with Crippen molar-refractivity contribution in [2.24, 2.45) is 5.92 Å². The van der Waals surface area contributed by atoms with Gasteiger partial charge < -0.3 is 10.2 Å². The summed E-state index contributed by atoms with van der Waals surface area (Å²) in [5.41, 5.74) is 0.978. The third-order valence-corrected chi connectivity index (χ3v) is 4.24. The van der Waals surface area contributed by atoms with Crippen molar-refractivity contribution in [3.63, 3.8) is 0 Å². The van der Waals surface area contributed by atoms with Crippen molar-refractivity contribution in [1.82, 2.24) is 4.90 Å². The van der Waals surface area contributed by atoms with Gasteiger partial charge in [0.25, 0.3) is 0 Å². The highest BCUT2D eigenvalue weighted by Crippen LogP contribution is 2.34. The SMILES string of the molecule is CCC(c1ccccc1O)N1CCC(CC(=O)O)CC1. The number of hydrogen-bond acceptors (Lipinski definition) is 3. The Hall–Kier alpha value is -1.55. The molecule has 110 valence electrons. The number of likely N-dealkylation sites (tertiary alicyclic amines) is 1. The fourth-order valence-electron chi connectivity index (χ4n) is 3.16. The van der Waals surface area contributed by atoms with Crippen LogP contribution >= 0.6 is 0 Å². The van der Waals surface area contributed by atoms with Gasteiger partial charge in [-0.1, -0.05) is 25.1 Å². The Morgan fingerprint density at radius 2 is 2.00 bits per heavy atom. The summed E-state index contributed by atoms with van der Waals surface area (Å²) in [6, 6.07) is 7.73.